The van der Waals surface area contributed by atoms with Crippen LogP contribution >= 0.6 is 0 Å². The molecule has 1 unspecified atom stereocenters. The molecule has 0 aliphatic rings. The molecule has 5 nitrogen and oxygen atoms in total. The molecule has 6 heteroatoms. The van der Waals surface area contributed by atoms with Gasteiger partial charge in [-0.25, -0.2) is 8.42 Å². The predicted octanol–water partition coefficient (Wildman–Crippen LogP) is 1.95. The van der Waals surface area contributed by atoms with E-state index >= 15 is 0 Å². The number of nitrogens with one attached hydrogen (secondary N) is 2. The van der Waals surface area contributed by atoms with Gasteiger partial charge in [0, 0.05) is 0 Å². The fourth-order valence-electron chi connectivity index (χ4n) is 2.03. The topological polar surface area (TPSA) is 96.0 Å². The van der Waals surface area contributed by atoms with E-state index in [0.717, 1.165) is 0 Å². The molecule has 0 amide bonds. The SMILES string of the molecule is Cc1ccccc1S(=O)(=O)NC(C(=N)N)c1ccccc1. The van der Waals surface area contributed by atoms with Crippen LogP contribution in [0.4, 0.5) is 0 Å². The third-order valence-electron chi connectivity index (χ3n) is 3.10. The van der Waals surface area contributed by atoms with Crippen LogP contribution in [0.5, 0.6) is 0 Å². The number of nitrogens with two attached hydrogens (primary N) is 1. The average Bonchev–Trinajstić information content (AvgIpc) is 2.46. The summed E-state index contributed by atoms with van der Waals surface area (Å²) in [5, 5.41) is 7.64. The molecule has 0 fully saturated rings. The zero-order valence-corrected chi connectivity index (χ0v) is 12.4. The van der Waals surface area contributed by atoms with E-state index in [9.17, 15) is 8.42 Å². The summed E-state index contributed by atoms with van der Waals surface area (Å²) in [6.07, 6.45) is 0. The molecular weight excluding hydrogens is 286 g/mol. The first-order valence-corrected chi connectivity index (χ1v) is 7.87. The predicted molar refractivity (Wildman–Crippen MR) is 82.6 cm³/mol. The van der Waals surface area contributed by atoms with Crippen LogP contribution in [0.1, 0.15) is 17.2 Å². The Balaban J connectivity index is 2.38. The third kappa shape index (κ3) is 3.48. The quantitative estimate of drug-likeness (QED) is 0.582. The van der Waals surface area contributed by atoms with Crippen molar-refractivity contribution in [1.29, 1.82) is 5.41 Å². The van der Waals surface area contributed by atoms with E-state index in [0.29, 0.717) is 11.1 Å². The second kappa shape index (κ2) is 6.07. The van der Waals surface area contributed by atoms with Crippen LogP contribution in [0.25, 0.3) is 0 Å². The van der Waals surface area contributed by atoms with Crippen molar-refractivity contribution in [3.8, 4) is 0 Å². The van der Waals surface area contributed by atoms with Crippen molar-refractivity contribution in [2.45, 2.75) is 17.9 Å². The lowest BCUT2D eigenvalue weighted by molar-refractivity contribution is 0.576. The zero-order chi connectivity index (χ0) is 15.5. The summed E-state index contributed by atoms with van der Waals surface area (Å²) < 4.78 is 27.4. The van der Waals surface area contributed by atoms with Gasteiger partial charge in [-0.1, -0.05) is 48.5 Å². The van der Waals surface area contributed by atoms with Crippen LogP contribution in [0, 0.1) is 12.3 Å². The van der Waals surface area contributed by atoms with Crippen LogP contribution in [0.2, 0.25) is 0 Å². The highest BCUT2D eigenvalue weighted by atomic mass is 32.2. The van der Waals surface area contributed by atoms with Gasteiger partial charge in [0.1, 0.15) is 11.9 Å². The zero-order valence-electron chi connectivity index (χ0n) is 11.6. The van der Waals surface area contributed by atoms with Gasteiger partial charge >= 0.3 is 0 Å². The van der Waals surface area contributed by atoms with E-state index in [1.807, 2.05) is 6.07 Å². The highest BCUT2D eigenvalue weighted by molar-refractivity contribution is 7.89. The first-order chi connectivity index (χ1) is 9.92. The summed E-state index contributed by atoms with van der Waals surface area (Å²) in [4.78, 5) is 0.187. The van der Waals surface area contributed by atoms with E-state index in [4.69, 9.17) is 11.1 Å². The summed E-state index contributed by atoms with van der Waals surface area (Å²) in [6.45, 7) is 1.72. The van der Waals surface area contributed by atoms with E-state index in [1.165, 1.54) is 6.07 Å². The molecule has 110 valence electrons. The van der Waals surface area contributed by atoms with Crippen LogP contribution < -0.4 is 10.5 Å². The summed E-state index contributed by atoms with van der Waals surface area (Å²) in [5.41, 5.74) is 6.81. The molecule has 0 bridgehead atoms. The molecule has 0 saturated carbocycles. The molecular formula is C15H17N3O2S. The maximum atomic E-state index is 12.5. The van der Waals surface area contributed by atoms with Crippen molar-refractivity contribution in [3.63, 3.8) is 0 Å². The molecule has 0 heterocycles. The van der Waals surface area contributed by atoms with Crippen molar-refractivity contribution in [2.75, 3.05) is 0 Å². The maximum absolute atomic E-state index is 12.5. The fourth-order valence-corrected chi connectivity index (χ4v) is 3.48. The average molecular weight is 303 g/mol. The fraction of sp³-hybridized carbons (Fsp3) is 0.133. The van der Waals surface area contributed by atoms with E-state index in [-0.39, 0.29) is 10.7 Å². The number of hydrogen-bond donors (Lipinski definition) is 3. The Labute approximate surface area is 124 Å². The molecule has 0 radical (unpaired) electrons. The molecule has 0 spiro atoms. The van der Waals surface area contributed by atoms with Crippen LogP contribution in [-0.4, -0.2) is 14.3 Å². The lowest BCUT2D eigenvalue weighted by atomic mass is 10.1. The molecule has 0 saturated heterocycles. The van der Waals surface area contributed by atoms with Crippen molar-refractivity contribution in [2.24, 2.45) is 5.73 Å². The Morgan fingerprint density at radius 2 is 1.67 bits per heavy atom. The smallest absolute Gasteiger partial charge is 0.241 e. The van der Waals surface area contributed by atoms with Gasteiger partial charge in [-0.15, -0.1) is 0 Å². The monoisotopic (exact) mass is 303 g/mol. The van der Waals surface area contributed by atoms with Gasteiger partial charge in [-0.05, 0) is 24.1 Å². The molecule has 2 aromatic carbocycles. The number of sulfonamides is 1. The number of rotatable bonds is 5. The lowest BCUT2D eigenvalue weighted by Gasteiger charge is -2.18. The standard InChI is InChI=1S/C15H17N3O2S/c1-11-7-5-6-10-13(11)21(19,20)18-14(15(16)17)12-8-3-2-4-9-12/h2-10,14,18H,1H3,(H3,16,17). The Hall–Kier alpha value is -2.18. The van der Waals surface area contributed by atoms with Crippen molar-refractivity contribution in [1.82, 2.24) is 4.72 Å². The first-order valence-electron chi connectivity index (χ1n) is 6.38. The number of benzene rings is 2. The lowest BCUT2D eigenvalue weighted by Crippen LogP contribution is -2.37. The highest BCUT2D eigenvalue weighted by Crippen LogP contribution is 2.19. The number of amidine groups is 1. The van der Waals surface area contributed by atoms with Crippen LogP contribution in [0.15, 0.2) is 59.5 Å². The van der Waals surface area contributed by atoms with Gasteiger partial charge in [0.05, 0.1) is 4.90 Å². The molecule has 2 rings (SSSR count). The van der Waals surface area contributed by atoms with E-state index in [1.54, 1.807) is 49.4 Å². The van der Waals surface area contributed by atoms with Crippen molar-refractivity contribution < 1.29 is 8.42 Å². The van der Waals surface area contributed by atoms with Gasteiger partial charge in [-0.2, -0.15) is 4.72 Å². The Morgan fingerprint density at radius 3 is 2.24 bits per heavy atom. The molecule has 21 heavy (non-hydrogen) atoms. The molecule has 0 aliphatic carbocycles. The number of hydrogen-bond acceptors (Lipinski definition) is 3. The van der Waals surface area contributed by atoms with Gasteiger partial charge in [0.25, 0.3) is 0 Å². The molecule has 1 atom stereocenters. The molecule has 2 aromatic rings. The summed E-state index contributed by atoms with van der Waals surface area (Å²) in [5.74, 6) is -0.252. The van der Waals surface area contributed by atoms with Crippen LogP contribution in [-0.2, 0) is 10.0 Å². The maximum Gasteiger partial charge on any atom is 0.241 e. The van der Waals surface area contributed by atoms with Gasteiger partial charge in [-0.3, -0.25) is 5.41 Å². The van der Waals surface area contributed by atoms with E-state index in [2.05, 4.69) is 4.72 Å². The van der Waals surface area contributed by atoms with Crippen molar-refractivity contribution >= 4 is 15.9 Å². The molecule has 0 aliphatic heterocycles. The minimum atomic E-state index is -3.75. The second-order valence-corrected chi connectivity index (χ2v) is 6.37. The normalized spacial score (nSPS) is 12.8. The number of aryl methyl sites for hydroxylation is 1. The largest absolute Gasteiger partial charge is 0.386 e. The van der Waals surface area contributed by atoms with Crippen LogP contribution in [0.3, 0.4) is 0 Å². The highest BCUT2D eigenvalue weighted by Gasteiger charge is 2.24. The van der Waals surface area contributed by atoms with Gasteiger partial charge in [0.2, 0.25) is 10.0 Å². The minimum absolute atomic E-state index is 0.187. The van der Waals surface area contributed by atoms with E-state index < -0.39 is 16.1 Å². The summed E-state index contributed by atoms with van der Waals surface area (Å²) >= 11 is 0. The van der Waals surface area contributed by atoms with Gasteiger partial charge < -0.3 is 5.73 Å². The summed E-state index contributed by atoms with van der Waals surface area (Å²) in [6, 6.07) is 14.6. The summed E-state index contributed by atoms with van der Waals surface area (Å²) in [7, 11) is -3.75. The molecule has 0 aromatic heterocycles. The first kappa shape index (κ1) is 15.2. The van der Waals surface area contributed by atoms with Gasteiger partial charge in [0.15, 0.2) is 0 Å². The Morgan fingerprint density at radius 1 is 1.10 bits per heavy atom. The Kier molecular flexibility index (Phi) is 4.40. The second-order valence-electron chi connectivity index (χ2n) is 4.69. The minimum Gasteiger partial charge on any atom is -0.386 e. The molecule has 4 N–H and O–H groups in total. The third-order valence-corrected chi connectivity index (χ3v) is 4.68. The Bertz CT molecular complexity index is 743. The van der Waals surface area contributed by atoms with Crippen molar-refractivity contribution in [3.05, 3.63) is 65.7 Å².